The van der Waals surface area contributed by atoms with Crippen molar-refractivity contribution in [3.8, 4) is 0 Å². The molecular formula is C20H23N5O4. The molecule has 1 aromatic heterocycles. The van der Waals surface area contributed by atoms with Gasteiger partial charge in [0.1, 0.15) is 6.61 Å². The second-order valence-electron chi connectivity index (χ2n) is 8.26. The first-order valence-electron chi connectivity index (χ1n) is 9.85. The van der Waals surface area contributed by atoms with E-state index >= 15 is 0 Å². The van der Waals surface area contributed by atoms with Gasteiger partial charge in [-0.15, -0.1) is 5.10 Å². The van der Waals surface area contributed by atoms with E-state index in [2.05, 4.69) is 17.2 Å². The number of fused-ring (bicyclic) bond motifs is 1. The van der Waals surface area contributed by atoms with Crippen molar-refractivity contribution >= 4 is 17.7 Å². The van der Waals surface area contributed by atoms with Crippen LogP contribution in [0.15, 0.2) is 24.4 Å². The highest BCUT2D eigenvalue weighted by Crippen LogP contribution is 2.31. The van der Waals surface area contributed by atoms with Crippen molar-refractivity contribution in [2.75, 3.05) is 37.8 Å². The fraction of sp³-hybridized carbons (Fsp3) is 0.500. The lowest BCUT2D eigenvalue weighted by Gasteiger charge is -2.37. The summed E-state index contributed by atoms with van der Waals surface area (Å²) in [5.41, 5.74) is 3.46. The summed E-state index contributed by atoms with van der Waals surface area (Å²) in [4.78, 5) is 28.4. The zero-order valence-corrected chi connectivity index (χ0v) is 16.3. The van der Waals surface area contributed by atoms with Crippen molar-refractivity contribution in [1.29, 1.82) is 0 Å². The minimum atomic E-state index is -0.306. The third-order valence-corrected chi connectivity index (χ3v) is 5.78. The van der Waals surface area contributed by atoms with E-state index in [4.69, 9.17) is 9.47 Å². The van der Waals surface area contributed by atoms with Gasteiger partial charge in [0.2, 0.25) is 0 Å². The highest BCUT2D eigenvalue weighted by molar-refractivity contribution is 5.93. The summed E-state index contributed by atoms with van der Waals surface area (Å²) < 4.78 is 12.1. The second kappa shape index (κ2) is 6.84. The zero-order valence-electron chi connectivity index (χ0n) is 16.3. The minimum Gasteiger partial charge on any atom is -0.447 e. The van der Waals surface area contributed by atoms with Gasteiger partial charge in [-0.2, -0.15) is 0 Å². The molecule has 0 unspecified atom stereocenters. The van der Waals surface area contributed by atoms with Gasteiger partial charge in [0.05, 0.1) is 38.2 Å². The fourth-order valence-electron chi connectivity index (χ4n) is 4.20. The van der Waals surface area contributed by atoms with E-state index in [0.717, 1.165) is 16.8 Å². The van der Waals surface area contributed by atoms with Crippen molar-refractivity contribution in [1.82, 2.24) is 19.9 Å². The van der Waals surface area contributed by atoms with E-state index in [-0.39, 0.29) is 17.4 Å². The third-order valence-electron chi connectivity index (χ3n) is 5.78. The SMILES string of the molecule is CC1(Cn2cc(C(=O)N3CCc4c(cccc4N4CCOC4=O)C3)nn2)COC1. The topological polar surface area (TPSA) is 89.8 Å². The summed E-state index contributed by atoms with van der Waals surface area (Å²) in [5, 5.41) is 8.22. The number of rotatable bonds is 4. The first-order chi connectivity index (χ1) is 14.0. The summed E-state index contributed by atoms with van der Waals surface area (Å²) in [5.74, 6) is -0.122. The van der Waals surface area contributed by atoms with Gasteiger partial charge in [0.25, 0.3) is 5.91 Å². The van der Waals surface area contributed by atoms with Crippen LogP contribution in [0.3, 0.4) is 0 Å². The number of cyclic esters (lactones) is 1. The molecule has 0 atom stereocenters. The molecule has 0 saturated carbocycles. The first kappa shape index (κ1) is 18.1. The molecule has 2 amide bonds. The van der Waals surface area contributed by atoms with Crippen LogP contribution in [0, 0.1) is 5.41 Å². The predicted octanol–water partition coefficient (Wildman–Crippen LogP) is 1.47. The molecule has 0 spiro atoms. The molecule has 3 aliphatic heterocycles. The Morgan fingerprint density at radius 1 is 1.28 bits per heavy atom. The lowest BCUT2D eigenvalue weighted by molar-refractivity contribution is -0.111. The standard InChI is InChI=1S/C20H23N5O4/c1-20(12-28-13-20)11-24-10-16(21-22-24)18(26)23-6-5-15-14(9-23)3-2-4-17(15)25-7-8-29-19(25)27/h2-4,10H,5-9,11-13H2,1H3. The van der Waals surface area contributed by atoms with Crippen LogP contribution in [0.25, 0.3) is 0 Å². The number of hydrogen-bond acceptors (Lipinski definition) is 6. The van der Waals surface area contributed by atoms with Gasteiger partial charge in [0, 0.05) is 18.5 Å². The zero-order chi connectivity index (χ0) is 20.0. The van der Waals surface area contributed by atoms with Crippen LogP contribution in [0.5, 0.6) is 0 Å². The molecule has 0 bridgehead atoms. The molecule has 0 N–H and O–H groups in total. The van der Waals surface area contributed by atoms with Crippen LogP contribution in [0.2, 0.25) is 0 Å². The van der Waals surface area contributed by atoms with Crippen LogP contribution in [-0.4, -0.2) is 64.8 Å². The molecular weight excluding hydrogens is 374 g/mol. The molecule has 0 aliphatic carbocycles. The summed E-state index contributed by atoms with van der Waals surface area (Å²) in [6.07, 6.45) is 2.10. The van der Waals surface area contributed by atoms with Gasteiger partial charge < -0.3 is 14.4 Å². The van der Waals surface area contributed by atoms with E-state index in [9.17, 15) is 9.59 Å². The van der Waals surface area contributed by atoms with Crippen molar-refractivity contribution in [3.63, 3.8) is 0 Å². The Morgan fingerprint density at radius 3 is 2.86 bits per heavy atom. The average Bonchev–Trinajstić information content (AvgIpc) is 3.34. The molecule has 1 aromatic carbocycles. The molecule has 0 radical (unpaired) electrons. The van der Waals surface area contributed by atoms with Gasteiger partial charge in [-0.3, -0.25) is 14.4 Å². The number of benzene rings is 1. The van der Waals surface area contributed by atoms with Crippen LogP contribution in [-0.2, 0) is 29.0 Å². The number of carbonyl (C=O) groups excluding carboxylic acids is 2. The Hall–Kier alpha value is -2.94. The number of carbonyl (C=O) groups is 2. The third kappa shape index (κ3) is 3.25. The summed E-state index contributed by atoms with van der Waals surface area (Å²) in [6.45, 7) is 6.25. The van der Waals surface area contributed by atoms with Gasteiger partial charge >= 0.3 is 6.09 Å². The monoisotopic (exact) mass is 397 g/mol. The van der Waals surface area contributed by atoms with E-state index in [1.165, 1.54) is 0 Å². The molecule has 2 saturated heterocycles. The maximum absolute atomic E-state index is 13.0. The fourth-order valence-corrected chi connectivity index (χ4v) is 4.20. The van der Waals surface area contributed by atoms with Gasteiger partial charge in [-0.25, -0.2) is 4.79 Å². The number of anilines is 1. The highest BCUT2D eigenvalue weighted by Gasteiger charge is 2.35. The molecule has 2 aromatic rings. The summed E-state index contributed by atoms with van der Waals surface area (Å²) >= 11 is 0. The second-order valence-corrected chi connectivity index (χ2v) is 8.26. The Labute approximate surface area is 168 Å². The number of nitrogens with zero attached hydrogens (tertiary/aromatic N) is 5. The Kier molecular flexibility index (Phi) is 4.27. The molecule has 3 aliphatic rings. The highest BCUT2D eigenvalue weighted by atomic mass is 16.6. The average molecular weight is 397 g/mol. The van der Waals surface area contributed by atoms with Crippen molar-refractivity contribution in [2.24, 2.45) is 5.41 Å². The normalized spacial score (nSPS) is 20.2. The molecule has 152 valence electrons. The summed E-state index contributed by atoms with van der Waals surface area (Å²) in [7, 11) is 0. The van der Waals surface area contributed by atoms with Gasteiger partial charge in [-0.05, 0) is 23.6 Å². The summed E-state index contributed by atoms with van der Waals surface area (Å²) in [6, 6.07) is 5.87. The van der Waals surface area contributed by atoms with E-state index in [1.807, 2.05) is 18.2 Å². The maximum Gasteiger partial charge on any atom is 0.414 e. The molecule has 5 rings (SSSR count). The van der Waals surface area contributed by atoms with E-state index in [0.29, 0.717) is 58.1 Å². The molecule has 29 heavy (non-hydrogen) atoms. The van der Waals surface area contributed by atoms with Gasteiger partial charge in [-0.1, -0.05) is 24.3 Å². The Balaban J connectivity index is 1.31. The smallest absolute Gasteiger partial charge is 0.414 e. The first-order valence-corrected chi connectivity index (χ1v) is 9.85. The Bertz CT molecular complexity index is 968. The van der Waals surface area contributed by atoms with Gasteiger partial charge in [0.15, 0.2) is 5.69 Å². The largest absolute Gasteiger partial charge is 0.447 e. The quantitative estimate of drug-likeness (QED) is 0.776. The predicted molar refractivity (Wildman–Crippen MR) is 103 cm³/mol. The van der Waals surface area contributed by atoms with Crippen LogP contribution < -0.4 is 4.90 Å². The molecule has 9 nitrogen and oxygen atoms in total. The van der Waals surface area contributed by atoms with E-state index < -0.39 is 0 Å². The lowest BCUT2D eigenvalue weighted by Crippen LogP contribution is -2.43. The minimum absolute atomic E-state index is 0.0607. The number of hydrogen-bond donors (Lipinski definition) is 0. The number of aromatic nitrogens is 3. The number of ether oxygens (including phenoxy) is 2. The molecule has 9 heteroatoms. The Morgan fingerprint density at radius 2 is 2.14 bits per heavy atom. The van der Waals surface area contributed by atoms with E-state index in [1.54, 1.807) is 20.7 Å². The lowest BCUT2D eigenvalue weighted by atomic mass is 9.89. The van der Waals surface area contributed by atoms with Crippen molar-refractivity contribution in [3.05, 3.63) is 41.2 Å². The van der Waals surface area contributed by atoms with Crippen molar-refractivity contribution < 1.29 is 19.1 Å². The van der Waals surface area contributed by atoms with Crippen LogP contribution in [0.1, 0.15) is 28.5 Å². The van der Waals surface area contributed by atoms with Crippen molar-refractivity contribution in [2.45, 2.75) is 26.4 Å². The van der Waals surface area contributed by atoms with Crippen LogP contribution in [0.4, 0.5) is 10.5 Å². The maximum atomic E-state index is 13.0. The van der Waals surface area contributed by atoms with Crippen LogP contribution >= 0.6 is 0 Å². The molecule has 2 fully saturated rings. The number of amides is 2. The molecule has 4 heterocycles.